The Kier molecular flexibility index (Phi) is 6.42. The number of nitrogens with zero attached hydrogens (tertiary/aromatic N) is 2. The fraction of sp³-hybridized carbons (Fsp3) is 0.333. The summed E-state index contributed by atoms with van der Waals surface area (Å²) in [5.74, 6) is 1.16. The lowest BCUT2D eigenvalue weighted by molar-refractivity contribution is -0.117. The topological polar surface area (TPSA) is 96.3 Å². The van der Waals surface area contributed by atoms with Gasteiger partial charge in [-0.1, -0.05) is 0 Å². The van der Waals surface area contributed by atoms with Gasteiger partial charge in [-0.25, -0.2) is 17.8 Å². The zero-order chi connectivity index (χ0) is 25.4. The normalized spacial score (nSPS) is 13.9. The standard InChI is InChI=1S/C27H28FN3O4S/c1-17(32)5-3-4-14-31(36(2,33)34)23-16-24-22(15-21(23)18-6-7-18)25(27-29-12-13-30-27)26(35-24)19-8-10-20(28)11-9-19/h8-13,15-16,18H,3-7,14H2,1-2H3,(H,29,30). The molecule has 2 aromatic carbocycles. The number of rotatable bonds is 10. The molecule has 2 aromatic heterocycles. The Morgan fingerprint density at radius 3 is 2.56 bits per heavy atom. The van der Waals surface area contributed by atoms with Gasteiger partial charge in [-0.3, -0.25) is 4.31 Å². The van der Waals surface area contributed by atoms with Crippen molar-refractivity contribution >= 4 is 32.5 Å². The van der Waals surface area contributed by atoms with Gasteiger partial charge >= 0.3 is 0 Å². The minimum Gasteiger partial charge on any atom is -0.455 e. The van der Waals surface area contributed by atoms with Crippen molar-refractivity contribution in [2.75, 3.05) is 17.1 Å². The second-order valence-corrected chi connectivity index (χ2v) is 11.3. The van der Waals surface area contributed by atoms with Crippen molar-refractivity contribution < 1.29 is 22.0 Å². The van der Waals surface area contributed by atoms with Crippen LogP contribution in [-0.2, 0) is 14.8 Å². The summed E-state index contributed by atoms with van der Waals surface area (Å²) in [5.41, 5.74) is 3.54. The van der Waals surface area contributed by atoms with E-state index in [0.29, 0.717) is 47.7 Å². The molecule has 0 spiro atoms. The molecule has 1 saturated carbocycles. The number of carbonyl (C=O) groups is 1. The molecule has 1 fully saturated rings. The van der Waals surface area contributed by atoms with Gasteiger partial charge in [0.2, 0.25) is 10.0 Å². The van der Waals surface area contributed by atoms with Crippen LogP contribution in [0.1, 0.15) is 50.5 Å². The molecule has 1 N–H and O–H groups in total. The maximum absolute atomic E-state index is 13.6. The van der Waals surface area contributed by atoms with E-state index in [2.05, 4.69) is 9.97 Å². The highest BCUT2D eigenvalue weighted by atomic mass is 32.2. The zero-order valence-electron chi connectivity index (χ0n) is 20.3. The van der Waals surface area contributed by atoms with Crippen molar-refractivity contribution in [3.05, 3.63) is 60.2 Å². The van der Waals surface area contributed by atoms with Gasteiger partial charge in [0.1, 0.15) is 28.8 Å². The number of furan rings is 1. The fourth-order valence-corrected chi connectivity index (χ4v) is 5.60. The van der Waals surface area contributed by atoms with Crippen molar-refractivity contribution in [1.29, 1.82) is 0 Å². The third kappa shape index (κ3) is 4.93. The van der Waals surface area contributed by atoms with Crippen molar-refractivity contribution in [2.24, 2.45) is 0 Å². The molecule has 36 heavy (non-hydrogen) atoms. The summed E-state index contributed by atoms with van der Waals surface area (Å²) in [7, 11) is -3.57. The summed E-state index contributed by atoms with van der Waals surface area (Å²) in [4.78, 5) is 18.9. The van der Waals surface area contributed by atoms with Gasteiger partial charge in [0.25, 0.3) is 0 Å². The van der Waals surface area contributed by atoms with Crippen LogP contribution in [0.2, 0.25) is 0 Å². The minimum atomic E-state index is -3.57. The maximum Gasteiger partial charge on any atom is 0.232 e. The zero-order valence-corrected chi connectivity index (χ0v) is 21.1. The molecule has 5 rings (SSSR count). The Bertz CT molecular complexity index is 1500. The number of H-pyrrole nitrogens is 1. The summed E-state index contributed by atoms with van der Waals surface area (Å²) in [6, 6.07) is 9.88. The van der Waals surface area contributed by atoms with E-state index in [9.17, 15) is 17.6 Å². The number of Topliss-reactive ketones (excluding diaryl/α,β-unsaturated/α-hetero) is 1. The quantitative estimate of drug-likeness (QED) is 0.263. The minimum absolute atomic E-state index is 0.0929. The van der Waals surface area contributed by atoms with Crippen molar-refractivity contribution in [3.8, 4) is 22.7 Å². The number of ketones is 1. The number of aromatic nitrogens is 2. The first-order chi connectivity index (χ1) is 17.2. The molecule has 0 amide bonds. The Morgan fingerprint density at radius 2 is 1.94 bits per heavy atom. The first-order valence-electron chi connectivity index (χ1n) is 12.1. The van der Waals surface area contributed by atoms with E-state index in [4.69, 9.17) is 4.42 Å². The SMILES string of the molecule is CC(=O)CCCCN(c1cc2oc(-c3ccc(F)cc3)c(-c3ncc[nH]3)c2cc1C1CC1)S(C)(=O)=O. The number of imidazole rings is 1. The van der Waals surface area contributed by atoms with Crippen LogP contribution < -0.4 is 4.31 Å². The molecule has 188 valence electrons. The molecular weight excluding hydrogens is 481 g/mol. The molecule has 9 heteroatoms. The number of benzene rings is 2. The predicted molar refractivity (Wildman–Crippen MR) is 138 cm³/mol. The summed E-state index contributed by atoms with van der Waals surface area (Å²) in [6.07, 6.45) is 8.19. The van der Waals surface area contributed by atoms with E-state index in [1.165, 1.54) is 22.7 Å². The lowest BCUT2D eigenvalue weighted by atomic mass is 10.0. The van der Waals surface area contributed by atoms with Crippen LogP contribution in [0.3, 0.4) is 0 Å². The molecule has 2 heterocycles. The molecule has 0 atom stereocenters. The van der Waals surface area contributed by atoms with Crippen LogP contribution in [-0.4, -0.2) is 37.0 Å². The second-order valence-electron chi connectivity index (χ2n) is 9.43. The van der Waals surface area contributed by atoms with Crippen molar-refractivity contribution in [3.63, 3.8) is 0 Å². The van der Waals surface area contributed by atoms with E-state index in [1.807, 2.05) is 6.07 Å². The number of halogens is 1. The monoisotopic (exact) mass is 509 g/mol. The number of hydrogen-bond acceptors (Lipinski definition) is 5. The first-order valence-corrected chi connectivity index (χ1v) is 13.9. The number of aromatic amines is 1. The molecule has 1 aliphatic carbocycles. The second kappa shape index (κ2) is 9.54. The number of nitrogens with one attached hydrogen (secondary N) is 1. The summed E-state index contributed by atoms with van der Waals surface area (Å²) >= 11 is 0. The Labute approximate surface area is 209 Å². The summed E-state index contributed by atoms with van der Waals surface area (Å²) in [6.45, 7) is 1.83. The van der Waals surface area contributed by atoms with Gasteiger partial charge in [-0.05, 0) is 74.4 Å². The number of sulfonamides is 1. The van der Waals surface area contributed by atoms with Crippen LogP contribution in [0.25, 0.3) is 33.7 Å². The van der Waals surface area contributed by atoms with E-state index in [0.717, 1.165) is 29.4 Å². The molecule has 7 nitrogen and oxygen atoms in total. The number of unbranched alkanes of at least 4 members (excludes halogenated alkanes) is 1. The van der Waals surface area contributed by atoms with E-state index in [-0.39, 0.29) is 24.1 Å². The Morgan fingerprint density at radius 1 is 1.19 bits per heavy atom. The number of anilines is 1. The highest BCUT2D eigenvalue weighted by Gasteiger charge is 2.32. The smallest absolute Gasteiger partial charge is 0.232 e. The Balaban J connectivity index is 1.67. The molecule has 0 bridgehead atoms. The lowest BCUT2D eigenvalue weighted by Crippen LogP contribution is -2.31. The van der Waals surface area contributed by atoms with Gasteiger partial charge in [0, 0.05) is 42.4 Å². The number of carbonyl (C=O) groups excluding carboxylic acids is 1. The predicted octanol–water partition coefficient (Wildman–Crippen LogP) is 6.03. The highest BCUT2D eigenvalue weighted by molar-refractivity contribution is 7.92. The average molecular weight is 510 g/mol. The molecule has 4 aromatic rings. The van der Waals surface area contributed by atoms with Crippen LogP contribution in [0.5, 0.6) is 0 Å². The molecule has 0 saturated heterocycles. The van der Waals surface area contributed by atoms with Gasteiger partial charge in [0.15, 0.2) is 0 Å². The number of fused-ring (bicyclic) bond motifs is 1. The van der Waals surface area contributed by atoms with Crippen LogP contribution >= 0.6 is 0 Å². The fourth-order valence-electron chi connectivity index (χ4n) is 4.62. The van der Waals surface area contributed by atoms with Gasteiger partial charge in [-0.15, -0.1) is 0 Å². The van der Waals surface area contributed by atoms with Crippen LogP contribution in [0.15, 0.2) is 53.2 Å². The largest absolute Gasteiger partial charge is 0.455 e. The molecular formula is C27H28FN3O4S. The third-order valence-corrected chi connectivity index (χ3v) is 7.68. The van der Waals surface area contributed by atoms with Crippen LogP contribution in [0, 0.1) is 5.82 Å². The third-order valence-electron chi connectivity index (χ3n) is 6.50. The van der Waals surface area contributed by atoms with Gasteiger partial charge in [-0.2, -0.15) is 0 Å². The molecule has 0 radical (unpaired) electrons. The molecule has 0 unspecified atom stereocenters. The van der Waals surface area contributed by atoms with Crippen LogP contribution in [0.4, 0.5) is 10.1 Å². The maximum atomic E-state index is 13.6. The number of hydrogen-bond donors (Lipinski definition) is 1. The van der Waals surface area contributed by atoms with E-state index < -0.39 is 10.0 Å². The Hall–Kier alpha value is -3.46. The molecule has 0 aliphatic heterocycles. The summed E-state index contributed by atoms with van der Waals surface area (Å²) in [5, 5.41) is 0.819. The lowest BCUT2D eigenvalue weighted by Gasteiger charge is -2.25. The van der Waals surface area contributed by atoms with Gasteiger partial charge in [0.05, 0.1) is 17.5 Å². The van der Waals surface area contributed by atoms with E-state index >= 15 is 0 Å². The van der Waals surface area contributed by atoms with Crippen molar-refractivity contribution in [1.82, 2.24) is 9.97 Å². The van der Waals surface area contributed by atoms with Gasteiger partial charge < -0.3 is 14.2 Å². The summed E-state index contributed by atoms with van der Waals surface area (Å²) < 4.78 is 47.1. The first kappa shape index (κ1) is 24.2. The van der Waals surface area contributed by atoms with E-state index in [1.54, 1.807) is 37.5 Å². The molecule has 1 aliphatic rings. The average Bonchev–Trinajstić information content (AvgIpc) is 3.39. The van der Waals surface area contributed by atoms with Crippen molar-refractivity contribution in [2.45, 2.75) is 44.9 Å². The highest BCUT2D eigenvalue weighted by Crippen LogP contribution is 2.49.